The lowest BCUT2D eigenvalue weighted by molar-refractivity contribution is -0.192. The molecule has 2 aromatic carbocycles. The van der Waals surface area contributed by atoms with Crippen LogP contribution < -0.4 is 15.4 Å². The Kier molecular flexibility index (Phi) is 11.2. The summed E-state index contributed by atoms with van der Waals surface area (Å²) < 4.78 is 56.8. The molecule has 1 aliphatic heterocycles. The van der Waals surface area contributed by atoms with E-state index < -0.39 is 28.2 Å². The van der Waals surface area contributed by atoms with Crippen LogP contribution in [0.5, 0.6) is 0 Å². The minimum Gasteiger partial charge on any atom is -0.475 e. The molecule has 0 aromatic heterocycles. The average Bonchev–Trinajstić information content (AvgIpc) is 2.87. The third-order valence-electron chi connectivity index (χ3n) is 5.53. The van der Waals surface area contributed by atoms with Crippen LogP contribution in [0.3, 0.4) is 0 Å². The molecule has 1 aliphatic rings. The predicted molar refractivity (Wildman–Crippen MR) is 134 cm³/mol. The van der Waals surface area contributed by atoms with Crippen LogP contribution in [-0.4, -0.2) is 56.5 Å². The van der Waals surface area contributed by atoms with Crippen molar-refractivity contribution in [1.29, 1.82) is 5.26 Å². The van der Waals surface area contributed by atoms with Gasteiger partial charge < -0.3 is 15.7 Å². The van der Waals surface area contributed by atoms with Crippen molar-refractivity contribution in [1.82, 2.24) is 15.4 Å². The first-order valence-corrected chi connectivity index (χ1v) is 13.5. The minimum absolute atomic E-state index is 0.109. The van der Waals surface area contributed by atoms with Gasteiger partial charge in [-0.25, -0.2) is 17.9 Å². The Hall–Kier alpha value is -3.47. The van der Waals surface area contributed by atoms with Crippen molar-refractivity contribution in [2.45, 2.75) is 50.5 Å². The zero-order chi connectivity index (χ0) is 28.3. The van der Waals surface area contributed by atoms with Crippen molar-refractivity contribution in [3.8, 4) is 17.2 Å². The largest absolute Gasteiger partial charge is 0.490 e. The van der Waals surface area contributed by atoms with Gasteiger partial charge in [0.1, 0.15) is 6.04 Å². The summed E-state index contributed by atoms with van der Waals surface area (Å²) in [5, 5.41) is 22.6. The number of hydrogen-bond acceptors (Lipinski definition) is 6. The number of aliphatic carboxylic acids is 1. The highest BCUT2D eigenvalue weighted by Gasteiger charge is 2.38. The molecule has 0 radical (unpaired) electrons. The Morgan fingerprint density at radius 2 is 1.79 bits per heavy atom. The predicted octanol–water partition coefficient (Wildman–Crippen LogP) is 2.73. The summed E-state index contributed by atoms with van der Waals surface area (Å²) >= 11 is 0. The Bertz CT molecular complexity index is 1240. The highest BCUT2D eigenvalue weighted by molar-refractivity contribution is 7.88. The second-order valence-corrected chi connectivity index (χ2v) is 10.5. The Morgan fingerprint density at radius 3 is 2.32 bits per heavy atom. The SMILES string of the molecule is CS(=O)(=O)NCc1cccc(-c2ccc(C[C@@H](C#N)NC(=O)[C@@H]3CCCCN3)cc2)c1.O=C(O)C(F)(F)F. The molecule has 1 saturated heterocycles. The number of sulfonamides is 1. The fraction of sp³-hybridized carbons (Fsp3) is 0.400. The quantitative estimate of drug-likeness (QED) is 0.392. The van der Waals surface area contributed by atoms with Crippen molar-refractivity contribution >= 4 is 21.9 Å². The van der Waals surface area contributed by atoms with Crippen LogP contribution in [-0.2, 0) is 32.6 Å². The van der Waals surface area contributed by atoms with Crippen LogP contribution in [0.2, 0.25) is 0 Å². The number of carboxylic acid groups (broad SMARTS) is 1. The number of piperidine rings is 1. The van der Waals surface area contributed by atoms with E-state index in [0.717, 1.165) is 54.3 Å². The third kappa shape index (κ3) is 10.9. The minimum atomic E-state index is -5.08. The van der Waals surface area contributed by atoms with Crippen LogP contribution in [0.15, 0.2) is 48.5 Å². The normalized spacial score (nSPS) is 16.3. The van der Waals surface area contributed by atoms with Crippen molar-refractivity contribution in [2.24, 2.45) is 0 Å². The summed E-state index contributed by atoms with van der Waals surface area (Å²) in [5.41, 5.74) is 3.81. The van der Waals surface area contributed by atoms with Gasteiger partial charge in [-0.15, -0.1) is 0 Å². The van der Waals surface area contributed by atoms with Crippen LogP contribution in [0.4, 0.5) is 13.2 Å². The van der Waals surface area contributed by atoms with Crippen LogP contribution in [0.25, 0.3) is 11.1 Å². The highest BCUT2D eigenvalue weighted by Crippen LogP contribution is 2.22. The van der Waals surface area contributed by atoms with Crippen LogP contribution in [0.1, 0.15) is 30.4 Å². The van der Waals surface area contributed by atoms with E-state index in [-0.39, 0.29) is 18.5 Å². The molecule has 1 fully saturated rings. The van der Waals surface area contributed by atoms with E-state index in [0.29, 0.717) is 6.42 Å². The van der Waals surface area contributed by atoms with Gasteiger partial charge in [-0.05, 0) is 47.7 Å². The monoisotopic (exact) mass is 554 g/mol. The lowest BCUT2D eigenvalue weighted by Crippen LogP contribution is -2.49. The van der Waals surface area contributed by atoms with E-state index >= 15 is 0 Å². The van der Waals surface area contributed by atoms with E-state index in [1.165, 1.54) is 0 Å². The first-order chi connectivity index (χ1) is 17.8. The number of amides is 1. The molecular formula is C25H29F3N4O5S. The van der Waals surface area contributed by atoms with Gasteiger partial charge in [0.2, 0.25) is 15.9 Å². The number of hydrogen-bond donors (Lipinski definition) is 4. The number of nitrogens with zero attached hydrogens (tertiary/aromatic N) is 1. The summed E-state index contributed by atoms with van der Waals surface area (Å²) in [6.07, 6.45) is -0.604. The number of carbonyl (C=O) groups is 2. The summed E-state index contributed by atoms with van der Waals surface area (Å²) in [4.78, 5) is 21.3. The summed E-state index contributed by atoms with van der Waals surface area (Å²) in [7, 11) is -3.25. The topological polar surface area (TPSA) is 148 Å². The number of alkyl halides is 3. The van der Waals surface area contributed by atoms with Gasteiger partial charge in [-0.1, -0.05) is 48.9 Å². The molecule has 0 aliphatic carbocycles. The summed E-state index contributed by atoms with van der Waals surface area (Å²) in [5.74, 6) is -2.87. The number of halogens is 3. The second-order valence-electron chi connectivity index (χ2n) is 8.69. The van der Waals surface area contributed by atoms with Crippen LogP contribution >= 0.6 is 0 Å². The molecule has 0 spiro atoms. The average molecular weight is 555 g/mol. The summed E-state index contributed by atoms with van der Waals surface area (Å²) in [6, 6.07) is 16.9. The fourth-order valence-electron chi connectivity index (χ4n) is 3.62. The number of benzene rings is 2. The molecule has 9 nitrogen and oxygen atoms in total. The number of nitriles is 1. The zero-order valence-corrected chi connectivity index (χ0v) is 21.4. The maximum Gasteiger partial charge on any atom is 0.490 e. The lowest BCUT2D eigenvalue weighted by atomic mass is 9.99. The molecule has 2 aromatic rings. The second kappa shape index (κ2) is 13.9. The van der Waals surface area contributed by atoms with Crippen molar-refractivity contribution in [3.63, 3.8) is 0 Å². The molecule has 3 rings (SSSR count). The first kappa shape index (κ1) is 30.8. The van der Waals surface area contributed by atoms with E-state index in [1.807, 2.05) is 48.5 Å². The van der Waals surface area contributed by atoms with Gasteiger partial charge in [-0.2, -0.15) is 18.4 Å². The van der Waals surface area contributed by atoms with Gasteiger partial charge in [0.15, 0.2) is 0 Å². The van der Waals surface area contributed by atoms with E-state index in [9.17, 15) is 31.6 Å². The maximum atomic E-state index is 12.4. The highest BCUT2D eigenvalue weighted by atomic mass is 32.2. The van der Waals surface area contributed by atoms with E-state index in [2.05, 4.69) is 21.4 Å². The van der Waals surface area contributed by atoms with Crippen molar-refractivity contribution < 1.29 is 36.3 Å². The zero-order valence-electron chi connectivity index (χ0n) is 20.6. The molecule has 4 N–H and O–H groups in total. The van der Waals surface area contributed by atoms with Gasteiger partial charge in [0.05, 0.1) is 18.4 Å². The molecule has 0 bridgehead atoms. The number of carboxylic acids is 1. The maximum absolute atomic E-state index is 12.4. The number of rotatable bonds is 8. The standard InChI is InChI=1S/C23H28N4O3S.C2HF3O2/c1-31(29,30)26-16-18-5-4-6-20(13-18)19-10-8-17(9-11-19)14-21(15-24)27-23(28)22-7-2-3-12-25-22;3-2(4,5)1(6)7/h4-6,8-11,13,21-22,25-26H,2-3,7,12,14,16H2,1H3,(H,27,28);(H,6,7)/t21-,22-;/m0./s1. The van der Waals surface area contributed by atoms with Gasteiger partial charge in [0.25, 0.3) is 0 Å². The van der Waals surface area contributed by atoms with Gasteiger partial charge in [0, 0.05) is 13.0 Å². The Morgan fingerprint density at radius 1 is 1.13 bits per heavy atom. The molecule has 206 valence electrons. The molecule has 2 atom stereocenters. The molecule has 13 heteroatoms. The molecule has 0 saturated carbocycles. The lowest BCUT2D eigenvalue weighted by Gasteiger charge is -2.23. The molecular weight excluding hydrogens is 525 g/mol. The number of nitrogens with one attached hydrogen (secondary N) is 3. The first-order valence-electron chi connectivity index (χ1n) is 11.6. The van der Waals surface area contributed by atoms with Crippen molar-refractivity contribution in [2.75, 3.05) is 12.8 Å². The van der Waals surface area contributed by atoms with E-state index in [1.54, 1.807) is 0 Å². The number of carbonyl (C=O) groups excluding carboxylic acids is 1. The molecule has 1 amide bonds. The molecule has 1 heterocycles. The molecule has 38 heavy (non-hydrogen) atoms. The van der Waals surface area contributed by atoms with E-state index in [4.69, 9.17) is 9.90 Å². The molecule has 0 unspecified atom stereocenters. The Labute approximate surface area is 219 Å². The van der Waals surface area contributed by atoms with Crippen molar-refractivity contribution in [3.05, 3.63) is 59.7 Å². The summed E-state index contributed by atoms with van der Waals surface area (Å²) in [6.45, 7) is 1.08. The third-order valence-corrected chi connectivity index (χ3v) is 6.20. The van der Waals surface area contributed by atoms with Gasteiger partial charge in [-0.3, -0.25) is 4.79 Å². The van der Waals surface area contributed by atoms with Crippen LogP contribution in [0, 0.1) is 11.3 Å². The van der Waals surface area contributed by atoms with Gasteiger partial charge >= 0.3 is 12.1 Å². The Balaban J connectivity index is 0.000000638. The smallest absolute Gasteiger partial charge is 0.475 e. The fourth-order valence-corrected chi connectivity index (χ4v) is 4.05.